The number of carboxylic acids is 1. The average Bonchev–Trinajstić information content (AvgIpc) is 2.42. The molecule has 7 heteroatoms. The van der Waals surface area contributed by atoms with Crippen molar-refractivity contribution in [2.75, 3.05) is 0 Å². The third-order valence-electron chi connectivity index (χ3n) is 2.93. The highest BCUT2D eigenvalue weighted by Gasteiger charge is 2.20. The molecule has 1 atom stereocenters. The quantitative estimate of drug-likeness (QED) is 0.542. The SMILES string of the molecule is NC(=O)CCC(NC(=O)CCc1ccccc1O)C(=O)O. The number of nitrogens with two attached hydrogens (primary N) is 1. The van der Waals surface area contributed by atoms with E-state index in [1.807, 2.05) is 0 Å². The van der Waals surface area contributed by atoms with Gasteiger partial charge in [-0.05, 0) is 24.5 Å². The van der Waals surface area contributed by atoms with Crippen LogP contribution < -0.4 is 11.1 Å². The Bertz CT molecular complexity index is 530. The van der Waals surface area contributed by atoms with E-state index in [9.17, 15) is 19.5 Å². The van der Waals surface area contributed by atoms with Crippen LogP contribution in [0.2, 0.25) is 0 Å². The monoisotopic (exact) mass is 294 g/mol. The van der Waals surface area contributed by atoms with Crippen molar-refractivity contribution in [3.05, 3.63) is 29.8 Å². The number of carbonyl (C=O) groups is 3. The largest absolute Gasteiger partial charge is 0.508 e. The molecule has 0 bridgehead atoms. The fraction of sp³-hybridized carbons (Fsp3) is 0.357. The lowest BCUT2D eigenvalue weighted by atomic mass is 10.1. The van der Waals surface area contributed by atoms with Gasteiger partial charge < -0.3 is 21.3 Å². The maximum atomic E-state index is 11.7. The van der Waals surface area contributed by atoms with E-state index in [0.29, 0.717) is 12.0 Å². The Morgan fingerprint density at radius 1 is 1.19 bits per heavy atom. The van der Waals surface area contributed by atoms with Crippen LogP contribution >= 0.6 is 0 Å². The number of aryl methyl sites for hydroxylation is 1. The van der Waals surface area contributed by atoms with Crippen molar-refractivity contribution in [3.63, 3.8) is 0 Å². The minimum atomic E-state index is -1.22. The first-order chi connectivity index (χ1) is 9.90. The molecule has 0 radical (unpaired) electrons. The lowest BCUT2D eigenvalue weighted by Gasteiger charge is -2.13. The van der Waals surface area contributed by atoms with Crippen molar-refractivity contribution < 1.29 is 24.6 Å². The molecule has 1 rings (SSSR count). The second kappa shape index (κ2) is 7.88. The second-order valence-corrected chi connectivity index (χ2v) is 4.59. The van der Waals surface area contributed by atoms with Gasteiger partial charge in [-0.2, -0.15) is 0 Å². The highest BCUT2D eigenvalue weighted by molar-refractivity contribution is 5.84. The molecule has 1 unspecified atom stereocenters. The van der Waals surface area contributed by atoms with E-state index in [4.69, 9.17) is 10.8 Å². The van der Waals surface area contributed by atoms with E-state index >= 15 is 0 Å². The van der Waals surface area contributed by atoms with Crippen LogP contribution in [0.1, 0.15) is 24.8 Å². The van der Waals surface area contributed by atoms with Crippen LogP contribution in [0.5, 0.6) is 5.75 Å². The Morgan fingerprint density at radius 3 is 2.43 bits per heavy atom. The first-order valence-corrected chi connectivity index (χ1v) is 6.47. The molecule has 0 aliphatic carbocycles. The molecule has 0 saturated carbocycles. The normalized spacial score (nSPS) is 11.6. The van der Waals surface area contributed by atoms with E-state index in [0.717, 1.165) is 0 Å². The summed E-state index contributed by atoms with van der Waals surface area (Å²) in [6.45, 7) is 0. The smallest absolute Gasteiger partial charge is 0.326 e. The van der Waals surface area contributed by atoms with Gasteiger partial charge in [0.05, 0.1) is 0 Å². The molecule has 1 aromatic rings. The molecule has 114 valence electrons. The molecule has 0 fully saturated rings. The highest BCUT2D eigenvalue weighted by atomic mass is 16.4. The predicted molar refractivity (Wildman–Crippen MR) is 74.4 cm³/mol. The van der Waals surface area contributed by atoms with Gasteiger partial charge in [0.15, 0.2) is 0 Å². The van der Waals surface area contributed by atoms with Crippen LogP contribution in [0.25, 0.3) is 0 Å². The maximum absolute atomic E-state index is 11.7. The number of para-hydroxylation sites is 1. The number of primary amides is 1. The van der Waals surface area contributed by atoms with Crippen LogP contribution in [0.15, 0.2) is 24.3 Å². The summed E-state index contributed by atoms with van der Waals surface area (Å²) in [4.78, 5) is 33.3. The summed E-state index contributed by atoms with van der Waals surface area (Å²) in [6.07, 6.45) is 0.169. The van der Waals surface area contributed by atoms with Crippen molar-refractivity contribution in [2.45, 2.75) is 31.7 Å². The Balaban J connectivity index is 2.49. The van der Waals surface area contributed by atoms with Gasteiger partial charge in [-0.25, -0.2) is 4.79 Å². The molecular weight excluding hydrogens is 276 g/mol. The fourth-order valence-corrected chi connectivity index (χ4v) is 1.78. The molecule has 1 aromatic carbocycles. The van der Waals surface area contributed by atoms with Gasteiger partial charge >= 0.3 is 5.97 Å². The van der Waals surface area contributed by atoms with Gasteiger partial charge in [-0.1, -0.05) is 18.2 Å². The van der Waals surface area contributed by atoms with E-state index < -0.39 is 23.8 Å². The number of aromatic hydroxyl groups is 1. The topological polar surface area (TPSA) is 130 Å². The van der Waals surface area contributed by atoms with Gasteiger partial charge in [-0.3, -0.25) is 9.59 Å². The minimum Gasteiger partial charge on any atom is -0.508 e. The Morgan fingerprint density at radius 2 is 1.86 bits per heavy atom. The predicted octanol–water partition coefficient (Wildman–Crippen LogP) is 0.160. The zero-order chi connectivity index (χ0) is 15.8. The number of hydrogen-bond donors (Lipinski definition) is 4. The van der Waals surface area contributed by atoms with Crippen LogP contribution in [0, 0.1) is 0 Å². The molecule has 0 aliphatic rings. The number of carbonyl (C=O) groups excluding carboxylic acids is 2. The van der Waals surface area contributed by atoms with Crippen LogP contribution in [0.4, 0.5) is 0 Å². The van der Waals surface area contributed by atoms with Crippen molar-refractivity contribution in [1.82, 2.24) is 5.32 Å². The summed E-state index contributed by atoms with van der Waals surface area (Å²) in [5.74, 6) is -2.21. The lowest BCUT2D eigenvalue weighted by molar-refractivity contribution is -0.142. The van der Waals surface area contributed by atoms with Crippen LogP contribution in [0.3, 0.4) is 0 Å². The van der Waals surface area contributed by atoms with Crippen molar-refractivity contribution in [1.29, 1.82) is 0 Å². The average molecular weight is 294 g/mol. The molecule has 5 N–H and O–H groups in total. The van der Waals surface area contributed by atoms with Gasteiger partial charge in [0, 0.05) is 12.8 Å². The fourth-order valence-electron chi connectivity index (χ4n) is 1.78. The highest BCUT2D eigenvalue weighted by Crippen LogP contribution is 2.17. The molecule has 0 heterocycles. The number of rotatable bonds is 8. The van der Waals surface area contributed by atoms with Crippen LogP contribution in [-0.2, 0) is 20.8 Å². The Labute approximate surface area is 121 Å². The number of aliphatic carboxylic acids is 1. The molecule has 0 saturated heterocycles. The maximum Gasteiger partial charge on any atom is 0.326 e. The van der Waals surface area contributed by atoms with Crippen molar-refractivity contribution in [3.8, 4) is 5.75 Å². The van der Waals surface area contributed by atoms with Crippen molar-refractivity contribution in [2.24, 2.45) is 5.73 Å². The number of phenolic OH excluding ortho intramolecular Hbond substituents is 1. The van der Waals surface area contributed by atoms with Gasteiger partial charge in [0.25, 0.3) is 0 Å². The Hall–Kier alpha value is -2.57. The number of amides is 2. The van der Waals surface area contributed by atoms with Crippen molar-refractivity contribution >= 4 is 17.8 Å². The zero-order valence-electron chi connectivity index (χ0n) is 11.4. The summed E-state index contributed by atoms with van der Waals surface area (Å²) in [6, 6.07) is 5.46. The summed E-state index contributed by atoms with van der Waals surface area (Å²) < 4.78 is 0. The molecule has 0 spiro atoms. The minimum absolute atomic E-state index is 0.0396. The first-order valence-electron chi connectivity index (χ1n) is 6.47. The lowest BCUT2D eigenvalue weighted by Crippen LogP contribution is -2.41. The van der Waals surface area contributed by atoms with Gasteiger partial charge in [0.2, 0.25) is 11.8 Å². The van der Waals surface area contributed by atoms with E-state index in [1.165, 1.54) is 6.07 Å². The summed E-state index contributed by atoms with van der Waals surface area (Å²) in [5.41, 5.74) is 5.56. The number of hydrogen-bond acceptors (Lipinski definition) is 4. The molecule has 2 amide bonds. The summed E-state index contributed by atoms with van der Waals surface area (Å²) >= 11 is 0. The second-order valence-electron chi connectivity index (χ2n) is 4.59. The molecule has 0 aromatic heterocycles. The van der Waals surface area contributed by atoms with Gasteiger partial charge in [-0.15, -0.1) is 0 Å². The number of phenols is 1. The summed E-state index contributed by atoms with van der Waals surface area (Å²) in [7, 11) is 0. The van der Waals surface area contributed by atoms with Gasteiger partial charge in [0.1, 0.15) is 11.8 Å². The first kappa shape index (κ1) is 16.5. The third-order valence-corrected chi connectivity index (χ3v) is 2.93. The zero-order valence-corrected chi connectivity index (χ0v) is 11.4. The number of benzene rings is 1. The molecular formula is C14H18N2O5. The standard InChI is InChI=1S/C14H18N2O5/c15-12(18)7-6-10(14(20)21)16-13(19)8-5-9-3-1-2-4-11(9)17/h1-4,10,17H,5-8H2,(H2,15,18)(H,16,19)(H,20,21). The van der Waals surface area contributed by atoms with E-state index in [-0.39, 0.29) is 25.0 Å². The molecule has 21 heavy (non-hydrogen) atoms. The molecule has 0 aliphatic heterocycles. The molecule has 7 nitrogen and oxygen atoms in total. The number of carboxylic acid groups (broad SMARTS) is 1. The third kappa shape index (κ3) is 5.94. The van der Waals surface area contributed by atoms with Crippen LogP contribution in [-0.4, -0.2) is 34.0 Å². The summed E-state index contributed by atoms with van der Waals surface area (Å²) in [5, 5.41) is 20.9. The van der Waals surface area contributed by atoms with E-state index in [1.54, 1.807) is 18.2 Å². The Kier molecular flexibility index (Phi) is 6.19. The van der Waals surface area contributed by atoms with E-state index in [2.05, 4.69) is 5.32 Å². The number of nitrogens with one attached hydrogen (secondary N) is 1.